The van der Waals surface area contributed by atoms with Crippen LogP contribution in [0.15, 0.2) is 61.1 Å². The standard InChI is InChI=1S/C43H55N7O7/c1-5-12-31(36(51)41(55)46-28-19-20-28)47-39(53)33-23-29(57-34-18-11-16-26-13-9-10-17-30(26)34)25-50(33)42(56)37(43(2,3)4)49-40(54)35(27-14-7-6-8-15-27)48-38(52)32-24-44-21-22-45-32/h9-11,13,16-18,21-22,24,27-29,31,33,35,37H,5-8,12,14-15,19-20,23,25H2,1-4H3,(H,46,55)(H,47,53)(H,48,52)(H,49,54)/t29-,31+,33+,35+,37-/m1/s1. The molecule has 6 rings (SSSR count). The van der Waals surface area contributed by atoms with E-state index in [-0.39, 0.29) is 37.0 Å². The minimum atomic E-state index is -1.12. The quantitative estimate of drug-likeness (QED) is 0.165. The minimum absolute atomic E-state index is 0.0205. The lowest BCUT2D eigenvalue weighted by atomic mass is 9.82. The molecule has 3 fully saturated rings. The molecule has 14 heteroatoms. The van der Waals surface area contributed by atoms with Crippen LogP contribution in [0.5, 0.6) is 5.75 Å². The Morgan fingerprint density at radius 3 is 2.32 bits per heavy atom. The van der Waals surface area contributed by atoms with Crippen molar-refractivity contribution >= 4 is 46.1 Å². The van der Waals surface area contributed by atoms with Crippen molar-refractivity contribution < 1.29 is 33.5 Å². The van der Waals surface area contributed by atoms with Gasteiger partial charge in [0.1, 0.15) is 35.7 Å². The molecule has 304 valence electrons. The van der Waals surface area contributed by atoms with Crippen molar-refractivity contribution in [3.8, 4) is 5.75 Å². The van der Waals surface area contributed by atoms with Crippen molar-refractivity contribution in [2.24, 2.45) is 11.3 Å². The first kappa shape index (κ1) is 41.2. The van der Waals surface area contributed by atoms with Crippen molar-refractivity contribution in [2.45, 2.75) is 128 Å². The molecule has 0 radical (unpaired) electrons. The van der Waals surface area contributed by atoms with E-state index in [9.17, 15) is 28.8 Å². The summed E-state index contributed by atoms with van der Waals surface area (Å²) >= 11 is 0. The highest BCUT2D eigenvalue weighted by Gasteiger charge is 2.47. The number of likely N-dealkylation sites (tertiary alicyclic amines) is 1. The van der Waals surface area contributed by atoms with E-state index >= 15 is 0 Å². The first-order valence-corrected chi connectivity index (χ1v) is 20.3. The van der Waals surface area contributed by atoms with Crippen LogP contribution in [0.25, 0.3) is 10.8 Å². The second-order valence-electron chi connectivity index (χ2n) is 16.7. The molecule has 5 atom stereocenters. The molecule has 5 amide bonds. The fourth-order valence-electron chi connectivity index (χ4n) is 7.86. The third kappa shape index (κ3) is 10.3. The van der Waals surface area contributed by atoms with Gasteiger partial charge in [-0.3, -0.25) is 33.8 Å². The number of nitrogens with zero attached hydrogens (tertiary/aromatic N) is 3. The summed E-state index contributed by atoms with van der Waals surface area (Å²) < 4.78 is 6.54. The Morgan fingerprint density at radius 2 is 1.63 bits per heavy atom. The molecule has 14 nitrogen and oxygen atoms in total. The molecule has 3 aromatic rings. The van der Waals surface area contributed by atoms with Crippen LogP contribution >= 0.6 is 0 Å². The van der Waals surface area contributed by atoms with Gasteiger partial charge in [0, 0.05) is 30.2 Å². The van der Waals surface area contributed by atoms with Crippen LogP contribution < -0.4 is 26.0 Å². The number of carbonyl (C=O) groups excluding carboxylic acids is 6. The monoisotopic (exact) mass is 781 g/mol. The van der Waals surface area contributed by atoms with Crippen LogP contribution in [-0.4, -0.2) is 93.0 Å². The number of ketones is 1. The molecular formula is C43H55N7O7. The second-order valence-corrected chi connectivity index (χ2v) is 16.7. The van der Waals surface area contributed by atoms with E-state index in [1.165, 1.54) is 23.5 Å². The molecule has 4 N–H and O–H groups in total. The summed E-state index contributed by atoms with van der Waals surface area (Å²) in [6, 6.07) is 9.20. The highest BCUT2D eigenvalue weighted by atomic mass is 16.5. The molecule has 57 heavy (non-hydrogen) atoms. The molecule has 1 aliphatic heterocycles. The molecule has 2 saturated carbocycles. The van der Waals surface area contributed by atoms with Crippen molar-refractivity contribution in [3.63, 3.8) is 0 Å². The van der Waals surface area contributed by atoms with Crippen LogP contribution in [-0.2, 0) is 24.0 Å². The van der Waals surface area contributed by atoms with Gasteiger partial charge in [-0.05, 0) is 54.9 Å². The van der Waals surface area contributed by atoms with Crippen molar-refractivity contribution in [3.05, 3.63) is 66.7 Å². The first-order chi connectivity index (χ1) is 27.3. The van der Waals surface area contributed by atoms with Crippen LogP contribution in [0.4, 0.5) is 0 Å². The Balaban J connectivity index is 1.27. The third-order valence-electron chi connectivity index (χ3n) is 11.1. The number of ether oxygens (including phenoxy) is 1. The van der Waals surface area contributed by atoms with Crippen molar-refractivity contribution in [1.82, 2.24) is 36.1 Å². The summed E-state index contributed by atoms with van der Waals surface area (Å²) in [6.07, 6.45) is 10.4. The average molecular weight is 782 g/mol. The van der Waals surface area contributed by atoms with E-state index in [2.05, 4.69) is 31.2 Å². The van der Waals surface area contributed by atoms with Gasteiger partial charge in [0.25, 0.3) is 11.8 Å². The van der Waals surface area contributed by atoms with E-state index in [4.69, 9.17) is 4.74 Å². The number of rotatable bonds is 15. The van der Waals surface area contributed by atoms with Gasteiger partial charge >= 0.3 is 0 Å². The van der Waals surface area contributed by atoms with Crippen molar-refractivity contribution in [1.29, 1.82) is 0 Å². The Hall–Kier alpha value is -5.40. The topological polar surface area (TPSA) is 189 Å². The highest BCUT2D eigenvalue weighted by Crippen LogP contribution is 2.33. The number of Topliss-reactive ketones (excluding diaryl/α,β-unsaturated/α-hetero) is 1. The van der Waals surface area contributed by atoms with Crippen LogP contribution in [0.3, 0.4) is 0 Å². The number of fused-ring (bicyclic) bond motifs is 1. The Morgan fingerprint density at radius 1 is 0.895 bits per heavy atom. The second kappa shape index (κ2) is 18.2. The van der Waals surface area contributed by atoms with Gasteiger partial charge in [-0.1, -0.05) is 89.8 Å². The fraction of sp³-hybridized carbons (Fsp3) is 0.535. The van der Waals surface area contributed by atoms with Gasteiger partial charge in [-0.15, -0.1) is 0 Å². The van der Waals surface area contributed by atoms with Crippen LogP contribution in [0, 0.1) is 11.3 Å². The van der Waals surface area contributed by atoms with E-state index < -0.39 is 71.0 Å². The number of hydrogen-bond acceptors (Lipinski definition) is 9. The van der Waals surface area contributed by atoms with Gasteiger partial charge in [-0.2, -0.15) is 0 Å². The van der Waals surface area contributed by atoms with Gasteiger partial charge in [0.15, 0.2) is 0 Å². The zero-order valence-electron chi connectivity index (χ0n) is 33.3. The molecule has 3 aliphatic rings. The van der Waals surface area contributed by atoms with Crippen molar-refractivity contribution in [2.75, 3.05) is 6.54 Å². The molecule has 2 aliphatic carbocycles. The number of carbonyl (C=O) groups is 6. The summed E-state index contributed by atoms with van der Waals surface area (Å²) in [7, 11) is 0. The SMILES string of the molecule is CCC[C@H](NC(=O)[C@@H]1C[C@@H](Oc2cccc3ccccc23)CN1C(=O)[C@@H](NC(=O)[C@@H](NC(=O)c1cnccn1)C1CCCCC1)C(C)(C)C)C(=O)C(=O)NC1CC1. The molecule has 0 bridgehead atoms. The summed E-state index contributed by atoms with van der Waals surface area (Å²) in [6.45, 7) is 7.36. The summed E-state index contributed by atoms with van der Waals surface area (Å²) in [5.74, 6) is -3.18. The Kier molecular flexibility index (Phi) is 13.2. The van der Waals surface area contributed by atoms with Gasteiger partial charge in [0.2, 0.25) is 23.5 Å². The smallest absolute Gasteiger partial charge is 0.289 e. The highest BCUT2D eigenvalue weighted by molar-refractivity contribution is 6.38. The van der Waals surface area contributed by atoms with E-state index in [1.54, 1.807) is 0 Å². The first-order valence-electron chi connectivity index (χ1n) is 20.3. The zero-order valence-corrected chi connectivity index (χ0v) is 33.3. The van der Waals surface area contributed by atoms with Crippen LogP contribution in [0.2, 0.25) is 0 Å². The number of hydrogen-bond donors (Lipinski definition) is 4. The van der Waals surface area contributed by atoms with Gasteiger partial charge < -0.3 is 30.9 Å². The molecule has 0 spiro atoms. The number of nitrogens with one attached hydrogen (secondary N) is 4. The largest absolute Gasteiger partial charge is 0.488 e. The minimum Gasteiger partial charge on any atom is -0.488 e. The number of amides is 5. The maximum atomic E-state index is 14.9. The molecule has 2 aromatic carbocycles. The lowest BCUT2D eigenvalue weighted by Gasteiger charge is -2.37. The molecule has 1 aromatic heterocycles. The summed E-state index contributed by atoms with van der Waals surface area (Å²) in [5.41, 5.74) is -0.765. The maximum Gasteiger partial charge on any atom is 0.289 e. The normalized spacial score (nSPS) is 20.2. The predicted molar refractivity (Wildman–Crippen MR) is 213 cm³/mol. The van der Waals surface area contributed by atoms with E-state index in [0.717, 1.165) is 55.7 Å². The lowest BCUT2D eigenvalue weighted by molar-refractivity contribution is -0.145. The molecule has 1 saturated heterocycles. The summed E-state index contributed by atoms with van der Waals surface area (Å²) in [5, 5.41) is 13.2. The number of benzene rings is 2. The average Bonchev–Trinajstić information content (AvgIpc) is 3.93. The maximum absolute atomic E-state index is 14.9. The van der Waals surface area contributed by atoms with Gasteiger partial charge in [-0.25, -0.2) is 4.98 Å². The third-order valence-corrected chi connectivity index (χ3v) is 11.1. The summed E-state index contributed by atoms with van der Waals surface area (Å²) in [4.78, 5) is 92.5. The molecular weight excluding hydrogens is 727 g/mol. The van der Waals surface area contributed by atoms with Crippen LogP contribution in [0.1, 0.15) is 102 Å². The predicted octanol–water partition coefficient (Wildman–Crippen LogP) is 4.02. The lowest BCUT2D eigenvalue weighted by Crippen LogP contribution is -2.62. The van der Waals surface area contributed by atoms with Gasteiger partial charge in [0.05, 0.1) is 18.8 Å². The number of aromatic nitrogens is 2. The Bertz CT molecular complexity index is 1940. The van der Waals surface area contributed by atoms with E-state index in [0.29, 0.717) is 12.2 Å². The molecule has 2 heterocycles. The molecule has 0 unspecified atom stereocenters. The Labute approximate surface area is 333 Å². The van der Waals surface area contributed by atoms with E-state index in [1.807, 2.05) is 70.2 Å². The fourth-order valence-corrected chi connectivity index (χ4v) is 7.86. The zero-order chi connectivity index (χ0) is 40.7.